The second-order valence-electron chi connectivity index (χ2n) is 10.5. The first-order valence-corrected chi connectivity index (χ1v) is 13.8. The molecule has 11 nitrogen and oxygen atoms in total. The number of piperidine rings is 1. The van der Waals surface area contributed by atoms with E-state index in [-0.39, 0.29) is 30.7 Å². The number of fused-ring (bicyclic) bond motifs is 1. The Balaban J connectivity index is 1.18. The van der Waals surface area contributed by atoms with Gasteiger partial charge >= 0.3 is 0 Å². The highest BCUT2D eigenvalue weighted by atomic mass is 19.1. The zero-order valence-corrected chi connectivity index (χ0v) is 22.8. The van der Waals surface area contributed by atoms with Crippen LogP contribution in [0.5, 0.6) is 0 Å². The van der Waals surface area contributed by atoms with Crippen LogP contribution < -0.4 is 26.4 Å². The Hall–Kier alpha value is -4.13. The summed E-state index contributed by atoms with van der Waals surface area (Å²) in [6, 6.07) is 15.9. The second kappa shape index (κ2) is 11.4. The highest BCUT2D eigenvalue weighted by Crippen LogP contribution is 2.28. The number of halogens is 1. The number of epoxide rings is 1. The monoisotopic (exact) mass is 560 g/mol. The Morgan fingerprint density at radius 1 is 1.15 bits per heavy atom. The molecule has 4 aromatic rings. The number of benzene rings is 2. The summed E-state index contributed by atoms with van der Waals surface area (Å²) in [7, 11) is 1.87. The Kier molecular flexibility index (Phi) is 7.52. The predicted molar refractivity (Wildman–Crippen MR) is 154 cm³/mol. The third-order valence-corrected chi connectivity index (χ3v) is 7.85. The van der Waals surface area contributed by atoms with Gasteiger partial charge in [0, 0.05) is 45.0 Å². The summed E-state index contributed by atoms with van der Waals surface area (Å²) in [6.07, 6.45) is 2.62. The number of rotatable bonds is 9. The molecule has 2 fully saturated rings. The van der Waals surface area contributed by atoms with Gasteiger partial charge in [0.1, 0.15) is 18.1 Å². The first-order chi connectivity index (χ1) is 19.9. The molecule has 214 valence electrons. The van der Waals surface area contributed by atoms with Crippen LogP contribution in [0.2, 0.25) is 0 Å². The van der Waals surface area contributed by atoms with Gasteiger partial charge in [-0.3, -0.25) is 14.9 Å². The van der Waals surface area contributed by atoms with E-state index in [4.69, 9.17) is 15.5 Å². The zero-order valence-electron chi connectivity index (χ0n) is 22.8. The van der Waals surface area contributed by atoms with Crippen molar-refractivity contribution < 1.29 is 13.9 Å². The number of hydrogen-bond donors (Lipinski definition) is 2. The maximum absolute atomic E-state index is 13.5. The molecule has 12 heteroatoms. The fourth-order valence-corrected chi connectivity index (χ4v) is 5.50. The summed E-state index contributed by atoms with van der Waals surface area (Å²) in [5.74, 6) is 0.524. The Labute approximate surface area is 236 Å². The van der Waals surface area contributed by atoms with Crippen LogP contribution in [0.4, 0.5) is 16.3 Å². The summed E-state index contributed by atoms with van der Waals surface area (Å²) in [4.78, 5) is 39.3. The van der Waals surface area contributed by atoms with Gasteiger partial charge in [-0.25, -0.2) is 18.9 Å². The lowest BCUT2D eigenvalue weighted by atomic mass is 10.0. The number of anilines is 2. The average molecular weight is 561 g/mol. The molecule has 2 unspecified atom stereocenters. The van der Waals surface area contributed by atoms with E-state index in [1.165, 1.54) is 24.4 Å². The van der Waals surface area contributed by atoms with Crippen molar-refractivity contribution >= 4 is 28.8 Å². The molecule has 4 heterocycles. The van der Waals surface area contributed by atoms with E-state index in [2.05, 4.69) is 19.8 Å². The molecule has 3 N–H and O–H groups in total. The third kappa shape index (κ3) is 5.58. The van der Waals surface area contributed by atoms with E-state index in [1.54, 1.807) is 12.1 Å². The molecule has 6 rings (SSSR count). The standard InChI is InChI=1S/C29H33FN8O3/c1-35(28-32-13-10-25(39)38(28)26(40)17-33-27-24(16-31)41-27)21-11-14-36(15-12-21)29-34-22-4-2-3-5-23(22)37(29)18-19-6-8-20(30)9-7-19/h2-10,13,21,24,27,33H,11-12,14-18,31H2,1H3. The number of hydrogen-bond acceptors (Lipinski definition) is 9. The fraction of sp³-hybridized carbons (Fsp3) is 0.379. The second-order valence-corrected chi connectivity index (χ2v) is 10.5. The molecule has 0 bridgehead atoms. The Bertz CT molecular complexity index is 1600. The van der Waals surface area contributed by atoms with Crippen LogP contribution in [0.1, 0.15) is 23.2 Å². The van der Waals surface area contributed by atoms with Crippen molar-refractivity contribution in [3.8, 4) is 0 Å². The lowest BCUT2D eigenvalue weighted by molar-refractivity contribution is 0.0903. The number of para-hydroxylation sites is 2. The molecule has 2 atom stereocenters. The van der Waals surface area contributed by atoms with E-state index in [1.807, 2.05) is 36.2 Å². The lowest BCUT2D eigenvalue weighted by Crippen LogP contribution is -2.47. The average Bonchev–Trinajstić information content (AvgIpc) is 3.68. The summed E-state index contributed by atoms with van der Waals surface area (Å²) < 4.78 is 22.2. The van der Waals surface area contributed by atoms with Crippen molar-refractivity contribution in [2.75, 3.05) is 43.0 Å². The quantitative estimate of drug-likeness (QED) is 0.295. The number of nitrogens with zero attached hydrogens (tertiary/aromatic N) is 6. The molecule has 0 saturated carbocycles. The molecule has 0 spiro atoms. The highest BCUT2D eigenvalue weighted by molar-refractivity contribution is 5.83. The summed E-state index contributed by atoms with van der Waals surface area (Å²) in [5, 5.41) is 3.00. The van der Waals surface area contributed by atoms with Crippen LogP contribution >= 0.6 is 0 Å². The lowest BCUT2D eigenvalue weighted by Gasteiger charge is -2.38. The van der Waals surface area contributed by atoms with Crippen molar-refractivity contribution in [3.63, 3.8) is 0 Å². The first kappa shape index (κ1) is 27.1. The number of carbonyl (C=O) groups excluding carboxylic acids is 1. The van der Waals surface area contributed by atoms with Crippen LogP contribution in [0.15, 0.2) is 65.6 Å². The minimum absolute atomic E-state index is 0.0592. The Morgan fingerprint density at radius 3 is 2.63 bits per heavy atom. The van der Waals surface area contributed by atoms with E-state index in [0.29, 0.717) is 19.0 Å². The van der Waals surface area contributed by atoms with Crippen LogP contribution in [0.25, 0.3) is 11.0 Å². The van der Waals surface area contributed by atoms with Gasteiger partial charge in [-0.1, -0.05) is 24.3 Å². The van der Waals surface area contributed by atoms with Gasteiger partial charge in [-0.15, -0.1) is 0 Å². The summed E-state index contributed by atoms with van der Waals surface area (Å²) >= 11 is 0. The number of nitrogens with one attached hydrogen (secondary N) is 1. The van der Waals surface area contributed by atoms with Gasteiger partial charge in [0.15, 0.2) is 0 Å². The van der Waals surface area contributed by atoms with E-state index in [9.17, 15) is 14.0 Å². The zero-order chi connectivity index (χ0) is 28.5. The molecule has 2 saturated heterocycles. The minimum Gasteiger partial charge on any atom is -0.352 e. The molecule has 2 aliphatic heterocycles. The summed E-state index contributed by atoms with van der Waals surface area (Å²) in [5.41, 5.74) is 8.07. The molecule has 2 aromatic carbocycles. The maximum Gasteiger partial charge on any atom is 0.261 e. The van der Waals surface area contributed by atoms with E-state index in [0.717, 1.165) is 53.0 Å². The normalized spacial score (nSPS) is 19.0. The number of ether oxygens (including phenoxy) is 1. The van der Waals surface area contributed by atoms with Crippen molar-refractivity contribution in [2.24, 2.45) is 5.73 Å². The van der Waals surface area contributed by atoms with Crippen LogP contribution in [0, 0.1) is 5.82 Å². The smallest absolute Gasteiger partial charge is 0.261 e. The number of carbonyl (C=O) groups is 1. The molecular weight excluding hydrogens is 527 g/mol. The maximum atomic E-state index is 13.5. The van der Waals surface area contributed by atoms with Gasteiger partial charge in [-0.2, -0.15) is 0 Å². The molecule has 41 heavy (non-hydrogen) atoms. The summed E-state index contributed by atoms with van der Waals surface area (Å²) in [6.45, 7) is 2.34. The topological polar surface area (TPSA) is 127 Å². The van der Waals surface area contributed by atoms with Gasteiger partial charge in [-0.05, 0) is 42.7 Å². The Morgan fingerprint density at radius 2 is 1.90 bits per heavy atom. The molecule has 0 radical (unpaired) electrons. The fourth-order valence-electron chi connectivity index (χ4n) is 5.50. The van der Waals surface area contributed by atoms with E-state index < -0.39 is 11.5 Å². The first-order valence-electron chi connectivity index (χ1n) is 13.8. The van der Waals surface area contributed by atoms with Crippen molar-refractivity contribution in [1.29, 1.82) is 0 Å². The van der Waals surface area contributed by atoms with Crippen molar-refractivity contribution in [3.05, 3.63) is 82.5 Å². The number of nitrogens with two attached hydrogens (primary N) is 1. The van der Waals surface area contributed by atoms with E-state index >= 15 is 0 Å². The molecule has 2 aromatic heterocycles. The van der Waals surface area contributed by atoms with Crippen LogP contribution in [-0.2, 0) is 11.3 Å². The van der Waals surface area contributed by atoms with Gasteiger partial charge in [0.05, 0.1) is 24.1 Å². The molecule has 2 aliphatic rings. The number of aromatic nitrogens is 4. The molecule has 0 aliphatic carbocycles. The van der Waals surface area contributed by atoms with Crippen LogP contribution in [0.3, 0.4) is 0 Å². The van der Waals surface area contributed by atoms with Crippen molar-refractivity contribution in [2.45, 2.75) is 37.8 Å². The molecule has 0 amide bonds. The van der Waals surface area contributed by atoms with Gasteiger partial charge in [0.25, 0.3) is 5.56 Å². The predicted octanol–water partition coefficient (Wildman–Crippen LogP) is 1.80. The SMILES string of the molecule is CN(c1nccc(=O)n1C(=O)CNC1OC1CN)C1CCN(c2nc3ccccc3n2Cc2ccc(F)cc2)CC1. The van der Waals surface area contributed by atoms with Crippen molar-refractivity contribution in [1.82, 2.24) is 24.4 Å². The van der Waals surface area contributed by atoms with Gasteiger partial charge < -0.3 is 24.8 Å². The largest absolute Gasteiger partial charge is 0.352 e. The third-order valence-electron chi connectivity index (χ3n) is 7.85. The highest BCUT2D eigenvalue weighted by Gasteiger charge is 2.37. The van der Waals surface area contributed by atoms with Gasteiger partial charge in [0.2, 0.25) is 17.8 Å². The molecular formula is C29H33FN8O3. The number of imidazole rings is 1. The minimum atomic E-state index is -0.423. The van der Waals surface area contributed by atoms with Crippen LogP contribution in [-0.4, -0.2) is 76.6 Å².